The number of benzene rings is 1. The molecule has 1 unspecified atom stereocenters. The maximum Gasteiger partial charge on any atom is 0.231 e. The molecule has 0 radical (unpaired) electrons. The summed E-state index contributed by atoms with van der Waals surface area (Å²) < 4.78 is 13.3. The minimum Gasteiger partial charge on any atom is -0.391 e. The quantitative estimate of drug-likeness (QED) is 0.930. The van der Waals surface area contributed by atoms with Crippen LogP contribution in [-0.4, -0.2) is 17.8 Å². The fraction of sp³-hybridized carbons (Fsp3) is 0.500. The molecule has 2 aliphatic rings. The van der Waals surface area contributed by atoms with Crippen LogP contribution in [0.5, 0.6) is 0 Å². The molecule has 1 aliphatic carbocycles. The SMILES string of the molecule is Cc1cc(CC2(C(=O)NC3=NOC(C)C3)CC2)ccc1F. The first-order chi connectivity index (χ1) is 9.98. The van der Waals surface area contributed by atoms with Crippen molar-refractivity contribution in [2.75, 3.05) is 0 Å². The van der Waals surface area contributed by atoms with Crippen molar-refractivity contribution in [1.82, 2.24) is 5.32 Å². The Labute approximate surface area is 123 Å². The van der Waals surface area contributed by atoms with Gasteiger partial charge in [-0.25, -0.2) is 4.39 Å². The van der Waals surface area contributed by atoms with Crippen molar-refractivity contribution in [2.24, 2.45) is 10.6 Å². The molecule has 0 spiro atoms. The smallest absolute Gasteiger partial charge is 0.231 e. The number of aryl methyl sites for hydroxylation is 1. The summed E-state index contributed by atoms with van der Waals surface area (Å²) in [5, 5.41) is 6.74. The highest BCUT2D eigenvalue weighted by Gasteiger charge is 2.50. The summed E-state index contributed by atoms with van der Waals surface area (Å²) in [6.45, 7) is 3.65. The Hall–Kier alpha value is -1.91. The summed E-state index contributed by atoms with van der Waals surface area (Å²) >= 11 is 0. The number of amides is 1. The molecule has 0 bridgehead atoms. The third-order valence-corrected chi connectivity index (χ3v) is 4.18. The monoisotopic (exact) mass is 290 g/mol. The number of amidine groups is 1. The van der Waals surface area contributed by atoms with Crippen LogP contribution in [-0.2, 0) is 16.1 Å². The van der Waals surface area contributed by atoms with Crippen molar-refractivity contribution in [1.29, 1.82) is 0 Å². The van der Waals surface area contributed by atoms with Crippen molar-refractivity contribution in [3.8, 4) is 0 Å². The maximum absolute atomic E-state index is 13.3. The molecule has 1 N–H and O–H groups in total. The van der Waals surface area contributed by atoms with Gasteiger partial charge in [0.05, 0.1) is 5.41 Å². The lowest BCUT2D eigenvalue weighted by molar-refractivity contribution is -0.124. The Morgan fingerprint density at radius 2 is 2.29 bits per heavy atom. The fourth-order valence-electron chi connectivity index (χ4n) is 2.68. The predicted molar refractivity (Wildman–Crippen MR) is 77.2 cm³/mol. The Kier molecular flexibility index (Phi) is 3.43. The predicted octanol–water partition coefficient (Wildman–Crippen LogP) is 2.70. The van der Waals surface area contributed by atoms with Crippen LogP contribution in [0.4, 0.5) is 4.39 Å². The average Bonchev–Trinajstić information content (AvgIpc) is 3.11. The topological polar surface area (TPSA) is 50.7 Å². The second-order valence-electron chi connectivity index (χ2n) is 6.15. The minimum atomic E-state index is -0.362. The Bertz CT molecular complexity index is 608. The zero-order valence-electron chi connectivity index (χ0n) is 12.3. The number of nitrogens with one attached hydrogen (secondary N) is 1. The number of carbonyl (C=O) groups excluding carboxylic acids is 1. The standard InChI is InChI=1S/C16H19FN2O2/c1-10-7-12(3-4-13(10)17)9-16(5-6-16)15(20)18-14-8-11(2)21-19-14/h3-4,7,11H,5-6,8-9H2,1-2H3,(H,18,19,20). The highest BCUT2D eigenvalue weighted by molar-refractivity contribution is 6.02. The van der Waals surface area contributed by atoms with Crippen LogP contribution >= 0.6 is 0 Å². The van der Waals surface area contributed by atoms with Crippen molar-refractivity contribution in [3.63, 3.8) is 0 Å². The molecule has 1 aromatic carbocycles. The van der Waals surface area contributed by atoms with Gasteiger partial charge in [0.1, 0.15) is 11.9 Å². The van der Waals surface area contributed by atoms with Gasteiger partial charge in [-0.05, 0) is 50.3 Å². The van der Waals surface area contributed by atoms with Crippen LogP contribution in [0.1, 0.15) is 37.3 Å². The van der Waals surface area contributed by atoms with E-state index >= 15 is 0 Å². The van der Waals surface area contributed by atoms with Gasteiger partial charge in [0.15, 0.2) is 5.84 Å². The van der Waals surface area contributed by atoms with Crippen LogP contribution in [0.25, 0.3) is 0 Å². The van der Waals surface area contributed by atoms with E-state index < -0.39 is 0 Å². The van der Waals surface area contributed by atoms with Crippen LogP contribution in [0.3, 0.4) is 0 Å². The van der Waals surface area contributed by atoms with Crippen LogP contribution < -0.4 is 5.32 Å². The average molecular weight is 290 g/mol. The maximum atomic E-state index is 13.3. The molecule has 1 aromatic rings. The molecule has 1 atom stereocenters. The highest BCUT2D eigenvalue weighted by atomic mass is 19.1. The Balaban J connectivity index is 1.66. The first-order valence-electron chi connectivity index (χ1n) is 7.28. The van der Waals surface area contributed by atoms with E-state index in [9.17, 15) is 9.18 Å². The molecule has 4 nitrogen and oxygen atoms in total. The van der Waals surface area contributed by atoms with E-state index in [1.165, 1.54) is 6.07 Å². The fourth-order valence-corrected chi connectivity index (χ4v) is 2.68. The number of halogens is 1. The third-order valence-electron chi connectivity index (χ3n) is 4.18. The Morgan fingerprint density at radius 3 is 2.86 bits per heavy atom. The van der Waals surface area contributed by atoms with E-state index in [0.29, 0.717) is 24.2 Å². The summed E-state index contributed by atoms with van der Waals surface area (Å²) in [6.07, 6.45) is 3.02. The molecule has 0 saturated heterocycles. The molecular weight excluding hydrogens is 271 g/mol. The largest absolute Gasteiger partial charge is 0.391 e. The summed E-state index contributed by atoms with van der Waals surface area (Å²) in [4.78, 5) is 17.5. The van der Waals surface area contributed by atoms with Crippen molar-refractivity contribution >= 4 is 11.7 Å². The summed E-state index contributed by atoms with van der Waals surface area (Å²) in [6, 6.07) is 5.05. The normalized spacial score (nSPS) is 22.4. The molecule has 1 amide bonds. The van der Waals surface area contributed by atoms with Gasteiger partial charge in [-0.1, -0.05) is 17.3 Å². The molecule has 1 fully saturated rings. The summed E-state index contributed by atoms with van der Waals surface area (Å²) in [5.74, 6) is 0.398. The van der Waals surface area contributed by atoms with Gasteiger partial charge in [0.25, 0.3) is 0 Å². The second kappa shape index (κ2) is 5.13. The van der Waals surface area contributed by atoms with Crippen LogP contribution in [0, 0.1) is 18.2 Å². The molecule has 21 heavy (non-hydrogen) atoms. The number of hydrogen-bond acceptors (Lipinski definition) is 3. The zero-order chi connectivity index (χ0) is 15.0. The lowest BCUT2D eigenvalue weighted by atomic mass is 9.94. The van der Waals surface area contributed by atoms with Gasteiger partial charge in [-0.15, -0.1) is 0 Å². The van der Waals surface area contributed by atoms with Crippen LogP contribution in [0.15, 0.2) is 23.4 Å². The van der Waals surface area contributed by atoms with E-state index in [2.05, 4.69) is 10.5 Å². The van der Waals surface area contributed by atoms with Crippen molar-refractivity contribution < 1.29 is 14.0 Å². The van der Waals surface area contributed by atoms with Gasteiger partial charge in [-0.3, -0.25) is 4.79 Å². The van der Waals surface area contributed by atoms with E-state index in [0.717, 1.165) is 18.4 Å². The summed E-state index contributed by atoms with van der Waals surface area (Å²) in [5.41, 5.74) is 1.25. The van der Waals surface area contributed by atoms with Gasteiger partial charge >= 0.3 is 0 Å². The Morgan fingerprint density at radius 1 is 1.52 bits per heavy atom. The van der Waals surface area contributed by atoms with E-state index in [-0.39, 0.29) is 23.2 Å². The molecule has 3 rings (SSSR count). The van der Waals surface area contributed by atoms with E-state index in [1.54, 1.807) is 13.0 Å². The highest BCUT2D eigenvalue weighted by Crippen LogP contribution is 2.48. The molecule has 1 heterocycles. The van der Waals surface area contributed by atoms with Gasteiger partial charge in [0.2, 0.25) is 5.91 Å². The second-order valence-corrected chi connectivity index (χ2v) is 6.15. The molecule has 0 aromatic heterocycles. The van der Waals surface area contributed by atoms with Gasteiger partial charge < -0.3 is 10.2 Å². The molecular formula is C16H19FN2O2. The minimum absolute atomic E-state index is 0.000859. The van der Waals surface area contributed by atoms with Crippen molar-refractivity contribution in [3.05, 3.63) is 35.1 Å². The summed E-state index contributed by atoms with van der Waals surface area (Å²) in [7, 11) is 0. The van der Waals surface area contributed by atoms with E-state index in [4.69, 9.17) is 4.84 Å². The van der Waals surface area contributed by atoms with Gasteiger partial charge in [-0.2, -0.15) is 0 Å². The van der Waals surface area contributed by atoms with E-state index in [1.807, 2.05) is 13.0 Å². The number of nitrogens with zero attached hydrogens (tertiary/aromatic N) is 1. The first kappa shape index (κ1) is 14.0. The molecule has 112 valence electrons. The lowest BCUT2D eigenvalue weighted by Crippen LogP contribution is -2.37. The molecule has 1 saturated carbocycles. The number of rotatable bonds is 3. The van der Waals surface area contributed by atoms with Crippen molar-refractivity contribution in [2.45, 2.75) is 45.6 Å². The third kappa shape index (κ3) is 2.91. The lowest BCUT2D eigenvalue weighted by Gasteiger charge is -2.15. The molecule has 5 heteroatoms. The first-order valence-corrected chi connectivity index (χ1v) is 7.28. The van der Waals surface area contributed by atoms with Gasteiger partial charge in [0, 0.05) is 6.42 Å². The zero-order valence-corrected chi connectivity index (χ0v) is 12.3. The number of oxime groups is 1. The number of carbonyl (C=O) groups is 1. The molecule has 1 aliphatic heterocycles. The van der Waals surface area contributed by atoms with Crippen LogP contribution in [0.2, 0.25) is 0 Å². The number of hydrogen-bond donors (Lipinski definition) is 1.